The first-order valence-corrected chi connectivity index (χ1v) is 16.1. The van der Waals surface area contributed by atoms with E-state index in [4.69, 9.17) is 9.47 Å². The Hall–Kier alpha value is -4.83. The highest BCUT2D eigenvalue weighted by Gasteiger charge is 2.34. The first kappa shape index (κ1) is 33.1. The summed E-state index contributed by atoms with van der Waals surface area (Å²) in [6.07, 6.45) is 0.228. The molecule has 0 aromatic heterocycles. The summed E-state index contributed by atoms with van der Waals surface area (Å²) >= 11 is 0. The van der Waals surface area contributed by atoms with Gasteiger partial charge in [0.2, 0.25) is 11.8 Å². The van der Waals surface area contributed by atoms with Crippen LogP contribution in [0.1, 0.15) is 23.6 Å². The van der Waals surface area contributed by atoms with Crippen LogP contribution in [-0.2, 0) is 32.6 Å². The molecule has 0 aliphatic heterocycles. The molecule has 0 fully saturated rings. The zero-order chi connectivity index (χ0) is 32.4. The number of aryl methyl sites for hydroxylation is 1. The predicted octanol–water partition coefficient (Wildman–Crippen LogP) is 4.98. The summed E-state index contributed by atoms with van der Waals surface area (Å²) in [5, 5.41) is 2.87. The van der Waals surface area contributed by atoms with Crippen molar-refractivity contribution in [1.29, 1.82) is 0 Å². The van der Waals surface area contributed by atoms with Gasteiger partial charge in [0.15, 0.2) is 0 Å². The van der Waals surface area contributed by atoms with Crippen molar-refractivity contribution in [2.45, 2.75) is 37.8 Å². The van der Waals surface area contributed by atoms with Crippen LogP contribution in [0.5, 0.6) is 11.5 Å². The first-order valence-electron chi connectivity index (χ1n) is 14.6. The molecule has 0 spiro atoms. The van der Waals surface area contributed by atoms with Gasteiger partial charge in [-0.1, -0.05) is 66.2 Å². The zero-order valence-corrected chi connectivity index (χ0v) is 26.8. The van der Waals surface area contributed by atoms with E-state index in [0.29, 0.717) is 18.0 Å². The van der Waals surface area contributed by atoms with Crippen molar-refractivity contribution in [3.8, 4) is 11.5 Å². The number of benzene rings is 4. The van der Waals surface area contributed by atoms with Gasteiger partial charge in [-0.3, -0.25) is 13.9 Å². The van der Waals surface area contributed by atoms with E-state index in [9.17, 15) is 18.0 Å². The lowest BCUT2D eigenvalue weighted by molar-refractivity contribution is -0.140. The molecule has 4 rings (SSSR count). The molecule has 2 amide bonds. The summed E-state index contributed by atoms with van der Waals surface area (Å²) in [7, 11) is -1.18. The number of likely N-dealkylation sites (N-methyl/N-ethyl adjacent to an activating group) is 1. The van der Waals surface area contributed by atoms with Crippen molar-refractivity contribution >= 4 is 27.5 Å². The van der Waals surface area contributed by atoms with Gasteiger partial charge in [-0.15, -0.1) is 0 Å². The van der Waals surface area contributed by atoms with E-state index in [-0.39, 0.29) is 29.5 Å². The minimum Gasteiger partial charge on any atom is -0.497 e. The fourth-order valence-corrected chi connectivity index (χ4v) is 6.35. The molecule has 1 N–H and O–H groups in total. The summed E-state index contributed by atoms with van der Waals surface area (Å²) in [6, 6.07) is 28.7. The van der Waals surface area contributed by atoms with Gasteiger partial charge in [-0.2, -0.15) is 0 Å². The average molecular weight is 630 g/mol. The van der Waals surface area contributed by atoms with E-state index >= 15 is 0 Å². The molecule has 9 nitrogen and oxygen atoms in total. The lowest BCUT2D eigenvalue weighted by Gasteiger charge is -2.34. The van der Waals surface area contributed by atoms with E-state index < -0.39 is 28.5 Å². The van der Waals surface area contributed by atoms with Gasteiger partial charge in [0, 0.05) is 25.6 Å². The van der Waals surface area contributed by atoms with E-state index in [1.165, 1.54) is 24.1 Å². The molecular formula is C35H39N3O6S. The number of methoxy groups -OCH3 is 2. The Morgan fingerprint density at radius 1 is 0.800 bits per heavy atom. The fraction of sp³-hybridized carbons (Fsp3) is 0.257. The third-order valence-corrected chi connectivity index (χ3v) is 9.13. The number of rotatable bonds is 14. The standard InChI is InChI=1S/C35H39N3O6S/c1-5-36-35(40)33(22-27-11-7-6-8-12-27)37(24-28-13-9-15-30(21-28)43-3)34(39)25-38(29-14-10-16-31(23-29)44-4)45(41,42)32-19-17-26(2)18-20-32/h6-21,23,33H,5,22,24-25H2,1-4H3,(H,36,40)/t33-/m0/s1. The van der Waals surface area contributed by atoms with Crippen molar-refractivity contribution in [2.24, 2.45) is 0 Å². The van der Waals surface area contributed by atoms with Crippen LogP contribution in [0, 0.1) is 6.92 Å². The molecular weight excluding hydrogens is 590 g/mol. The summed E-state index contributed by atoms with van der Waals surface area (Å²) < 4.78 is 40.2. The van der Waals surface area contributed by atoms with Gasteiger partial charge < -0.3 is 19.7 Å². The van der Waals surface area contributed by atoms with E-state index in [1.54, 1.807) is 61.7 Å². The normalized spacial score (nSPS) is 11.7. The number of carbonyl (C=O) groups excluding carboxylic acids is 2. The van der Waals surface area contributed by atoms with E-state index in [2.05, 4.69) is 5.32 Å². The largest absolute Gasteiger partial charge is 0.497 e. The van der Waals surface area contributed by atoms with Gasteiger partial charge in [0.05, 0.1) is 24.8 Å². The molecule has 0 radical (unpaired) electrons. The number of nitrogens with zero attached hydrogens (tertiary/aromatic N) is 2. The van der Waals surface area contributed by atoms with Crippen LogP contribution in [0.3, 0.4) is 0 Å². The minimum atomic E-state index is -4.21. The van der Waals surface area contributed by atoms with Crippen molar-refractivity contribution in [1.82, 2.24) is 10.2 Å². The lowest BCUT2D eigenvalue weighted by atomic mass is 10.0. The van der Waals surface area contributed by atoms with Crippen LogP contribution in [0.4, 0.5) is 5.69 Å². The second-order valence-corrected chi connectivity index (χ2v) is 12.4. The SMILES string of the molecule is CCNC(=O)[C@H](Cc1ccccc1)N(Cc1cccc(OC)c1)C(=O)CN(c1cccc(OC)c1)S(=O)(=O)c1ccc(C)cc1. The van der Waals surface area contributed by atoms with Crippen LogP contribution in [0.2, 0.25) is 0 Å². The highest BCUT2D eigenvalue weighted by atomic mass is 32.2. The van der Waals surface area contributed by atoms with Crippen LogP contribution in [0.25, 0.3) is 0 Å². The molecule has 0 aliphatic carbocycles. The number of hydrogen-bond acceptors (Lipinski definition) is 6. The molecule has 0 aliphatic rings. The van der Waals surface area contributed by atoms with Gasteiger partial charge in [0.1, 0.15) is 24.1 Å². The Balaban J connectivity index is 1.81. The van der Waals surface area contributed by atoms with E-state index in [0.717, 1.165) is 21.0 Å². The molecule has 4 aromatic carbocycles. The quantitative estimate of drug-likeness (QED) is 0.211. The minimum absolute atomic E-state index is 0.0348. The second-order valence-electron chi connectivity index (χ2n) is 10.5. The fourth-order valence-electron chi connectivity index (χ4n) is 4.95. The van der Waals surface area contributed by atoms with Crippen molar-refractivity contribution in [2.75, 3.05) is 31.6 Å². The lowest BCUT2D eigenvalue weighted by Crippen LogP contribution is -2.53. The molecule has 0 unspecified atom stereocenters. The molecule has 0 heterocycles. The van der Waals surface area contributed by atoms with Gasteiger partial charge in [-0.25, -0.2) is 8.42 Å². The Morgan fingerprint density at radius 3 is 2.07 bits per heavy atom. The van der Waals surface area contributed by atoms with Gasteiger partial charge >= 0.3 is 0 Å². The molecule has 236 valence electrons. The maximum Gasteiger partial charge on any atom is 0.264 e. The Kier molecular flexibility index (Phi) is 11.2. The predicted molar refractivity (Wildman–Crippen MR) is 175 cm³/mol. The molecule has 0 saturated carbocycles. The Morgan fingerprint density at radius 2 is 1.42 bits per heavy atom. The summed E-state index contributed by atoms with van der Waals surface area (Å²) in [6.45, 7) is 3.52. The van der Waals surface area contributed by atoms with Crippen LogP contribution >= 0.6 is 0 Å². The van der Waals surface area contributed by atoms with Crippen molar-refractivity contribution < 1.29 is 27.5 Å². The third-order valence-electron chi connectivity index (χ3n) is 7.34. The third kappa shape index (κ3) is 8.42. The van der Waals surface area contributed by atoms with Gasteiger partial charge in [-0.05, 0) is 61.4 Å². The highest BCUT2D eigenvalue weighted by Crippen LogP contribution is 2.28. The number of carbonyl (C=O) groups is 2. The average Bonchev–Trinajstić information content (AvgIpc) is 3.05. The van der Waals surface area contributed by atoms with E-state index in [1.807, 2.05) is 50.2 Å². The molecule has 10 heteroatoms. The maximum atomic E-state index is 14.5. The number of nitrogens with one attached hydrogen (secondary N) is 1. The molecule has 4 aromatic rings. The van der Waals surface area contributed by atoms with Crippen molar-refractivity contribution in [3.63, 3.8) is 0 Å². The maximum absolute atomic E-state index is 14.5. The number of sulfonamides is 1. The van der Waals surface area contributed by atoms with Crippen molar-refractivity contribution in [3.05, 3.63) is 120 Å². The van der Waals surface area contributed by atoms with Crippen LogP contribution in [-0.4, -0.2) is 58.5 Å². The Labute approximate surface area is 265 Å². The highest BCUT2D eigenvalue weighted by molar-refractivity contribution is 7.92. The van der Waals surface area contributed by atoms with Crippen LogP contribution in [0.15, 0.2) is 108 Å². The summed E-state index contributed by atoms with van der Waals surface area (Å²) in [5.41, 5.74) is 2.73. The topological polar surface area (TPSA) is 105 Å². The number of amides is 2. The number of ether oxygens (including phenoxy) is 2. The number of hydrogen-bond donors (Lipinski definition) is 1. The molecule has 0 bridgehead atoms. The first-order chi connectivity index (χ1) is 21.7. The molecule has 1 atom stereocenters. The monoisotopic (exact) mass is 629 g/mol. The number of anilines is 1. The molecule has 45 heavy (non-hydrogen) atoms. The van der Waals surface area contributed by atoms with Crippen LogP contribution < -0.4 is 19.1 Å². The Bertz CT molecular complexity index is 1690. The smallest absolute Gasteiger partial charge is 0.264 e. The van der Waals surface area contributed by atoms with Gasteiger partial charge in [0.25, 0.3) is 10.0 Å². The summed E-state index contributed by atoms with van der Waals surface area (Å²) in [5.74, 6) is 0.134. The molecule has 0 saturated heterocycles. The summed E-state index contributed by atoms with van der Waals surface area (Å²) in [4.78, 5) is 29.6. The zero-order valence-electron chi connectivity index (χ0n) is 26.0. The second kappa shape index (κ2) is 15.3.